The lowest BCUT2D eigenvalue weighted by molar-refractivity contribution is 0.474. The number of nitrogens with zero attached hydrogens (tertiary/aromatic N) is 1. The third kappa shape index (κ3) is 5.41. The first kappa shape index (κ1) is 21.2. The molecule has 0 fully saturated rings. The highest BCUT2D eigenvalue weighted by molar-refractivity contribution is 6.84. The summed E-state index contributed by atoms with van der Waals surface area (Å²) in [6, 6.07) is 21.4. The zero-order valence-electron chi connectivity index (χ0n) is 17.3. The van der Waals surface area contributed by atoms with Gasteiger partial charge in [0, 0.05) is 0 Å². The summed E-state index contributed by atoms with van der Waals surface area (Å²) in [5.74, 6) is 3.54. The van der Waals surface area contributed by atoms with Crippen molar-refractivity contribution in [3.05, 3.63) is 89.6 Å². The lowest BCUT2D eigenvalue weighted by Crippen LogP contribution is -2.27. The van der Waals surface area contributed by atoms with E-state index in [1.165, 1.54) is 16.3 Å². The van der Waals surface area contributed by atoms with Gasteiger partial charge in [-0.3, -0.25) is 0 Å². The van der Waals surface area contributed by atoms with Gasteiger partial charge in [-0.2, -0.15) is 0 Å². The van der Waals surface area contributed by atoms with Crippen LogP contribution in [0.25, 0.3) is 0 Å². The van der Waals surface area contributed by atoms with Gasteiger partial charge in [0.1, 0.15) is 5.54 Å². The zero-order chi connectivity index (χ0) is 19.8. The van der Waals surface area contributed by atoms with Crippen LogP contribution in [0.5, 0.6) is 0 Å². The van der Waals surface area contributed by atoms with Crippen LogP contribution in [0.15, 0.2) is 83.5 Å². The molecule has 0 heterocycles. The van der Waals surface area contributed by atoms with E-state index in [0.29, 0.717) is 0 Å². The summed E-state index contributed by atoms with van der Waals surface area (Å²) in [6.45, 7) is 13.2. The predicted molar refractivity (Wildman–Crippen MR) is 122 cm³/mol. The van der Waals surface area contributed by atoms with E-state index in [0.717, 1.165) is 25.7 Å². The van der Waals surface area contributed by atoms with E-state index in [9.17, 15) is 0 Å². The summed E-state index contributed by atoms with van der Waals surface area (Å²) in [7, 11) is -1.50. The molecule has 0 spiro atoms. The molecule has 0 saturated heterocycles. The molecule has 0 radical (unpaired) electrons. The molecule has 2 rings (SSSR count). The molecule has 2 heteroatoms. The number of hydrogen-bond acceptors (Lipinski definition) is 1. The fourth-order valence-electron chi connectivity index (χ4n) is 3.33. The molecule has 142 valence electrons. The number of hydrogen-bond donors (Lipinski definition) is 0. The summed E-state index contributed by atoms with van der Waals surface area (Å²) in [4.78, 5) is 5.22. The lowest BCUT2D eigenvalue weighted by atomic mass is 9.79. The highest BCUT2D eigenvalue weighted by Gasteiger charge is 2.33. The molecule has 0 unspecified atom stereocenters. The maximum Gasteiger partial charge on any atom is 0.120 e. The summed E-state index contributed by atoms with van der Waals surface area (Å²) in [5.41, 5.74) is 2.10. The molecule has 27 heavy (non-hydrogen) atoms. The Labute approximate surface area is 166 Å². The van der Waals surface area contributed by atoms with E-state index in [-0.39, 0.29) is 5.54 Å². The molecule has 0 N–H and O–H groups in total. The van der Waals surface area contributed by atoms with Crippen LogP contribution in [0.4, 0.5) is 0 Å². The van der Waals surface area contributed by atoms with Crippen LogP contribution in [-0.2, 0) is 5.54 Å². The lowest BCUT2D eigenvalue weighted by Gasteiger charge is -2.30. The van der Waals surface area contributed by atoms with Gasteiger partial charge in [-0.05, 0) is 35.0 Å². The second kappa shape index (κ2) is 9.69. The van der Waals surface area contributed by atoms with Crippen LogP contribution < -0.4 is 0 Å². The van der Waals surface area contributed by atoms with Crippen molar-refractivity contribution in [2.24, 2.45) is 4.99 Å². The second-order valence-corrected chi connectivity index (χ2v) is 13.2. The van der Waals surface area contributed by atoms with Crippen LogP contribution in [0.2, 0.25) is 19.6 Å². The van der Waals surface area contributed by atoms with Gasteiger partial charge >= 0.3 is 0 Å². The molecule has 0 aliphatic rings. The van der Waals surface area contributed by atoms with Crippen molar-refractivity contribution in [1.82, 2.24) is 0 Å². The zero-order valence-corrected chi connectivity index (χ0v) is 18.3. The summed E-state index contributed by atoms with van der Waals surface area (Å²) < 4.78 is 0. The van der Waals surface area contributed by atoms with Crippen LogP contribution in [0, 0.1) is 0 Å². The molecule has 0 amide bonds. The van der Waals surface area contributed by atoms with Crippen LogP contribution in [0.3, 0.4) is 0 Å². The first-order valence-electron chi connectivity index (χ1n) is 10.00. The summed E-state index contributed by atoms with van der Waals surface area (Å²) in [6.07, 6.45) is 6.10. The first-order valence-corrected chi connectivity index (χ1v) is 13.5. The van der Waals surface area contributed by atoms with E-state index in [2.05, 4.69) is 99.7 Å². The van der Waals surface area contributed by atoms with E-state index < -0.39 is 8.07 Å². The fourth-order valence-corrected chi connectivity index (χ4v) is 4.48. The van der Waals surface area contributed by atoms with Gasteiger partial charge in [-0.15, -0.1) is 6.58 Å². The van der Waals surface area contributed by atoms with E-state index >= 15 is 0 Å². The molecule has 0 bridgehead atoms. The monoisotopic (exact) mass is 375 g/mol. The topological polar surface area (TPSA) is 12.4 Å². The van der Waals surface area contributed by atoms with Crippen molar-refractivity contribution in [1.29, 1.82) is 0 Å². The molecular formula is C25H33NSi. The van der Waals surface area contributed by atoms with Gasteiger partial charge in [0.15, 0.2) is 0 Å². The van der Waals surface area contributed by atoms with Gasteiger partial charge in [0.05, 0.1) is 8.07 Å². The smallest absolute Gasteiger partial charge is 0.120 e. The molecule has 0 aliphatic heterocycles. The fraction of sp³-hybridized carbons (Fsp3) is 0.360. The molecular weight excluding hydrogens is 342 g/mol. The van der Waals surface area contributed by atoms with Crippen LogP contribution >= 0.6 is 0 Å². The number of benzene rings is 2. The highest BCUT2D eigenvalue weighted by atomic mass is 28.3. The van der Waals surface area contributed by atoms with Gasteiger partial charge in [0.2, 0.25) is 0 Å². The molecule has 0 saturated carbocycles. The van der Waals surface area contributed by atoms with E-state index in [4.69, 9.17) is 4.99 Å². The van der Waals surface area contributed by atoms with Crippen molar-refractivity contribution in [2.45, 2.75) is 57.8 Å². The minimum atomic E-state index is -1.50. The molecule has 2 aromatic rings. The minimum absolute atomic E-state index is 0.384. The average Bonchev–Trinajstić information content (AvgIpc) is 2.68. The Morgan fingerprint density at radius 1 is 1.00 bits per heavy atom. The Balaban J connectivity index is 2.74. The van der Waals surface area contributed by atoms with E-state index in [1.54, 1.807) is 0 Å². The maximum absolute atomic E-state index is 5.22. The van der Waals surface area contributed by atoms with Gasteiger partial charge in [-0.1, -0.05) is 106 Å². The number of rotatable bonds is 9. The average molecular weight is 376 g/mol. The molecule has 0 aliphatic carbocycles. The van der Waals surface area contributed by atoms with Crippen molar-refractivity contribution in [3.8, 4) is 0 Å². The minimum Gasteiger partial charge on any atom is -0.227 e. The van der Waals surface area contributed by atoms with Gasteiger partial charge in [0.25, 0.3) is 0 Å². The standard InChI is InChI=1S/C25H33NSi/c1-6-8-20-25(22-16-11-9-12-17-22,23-18-13-10-14-19-23)26-21-24(15-7-2)27(3,4)5/h7,9-14,16-19H,2,6,8,15,20H2,1,3-5H3. The number of aliphatic imine (C=N–C) groups is 1. The largest absolute Gasteiger partial charge is 0.227 e. The Morgan fingerprint density at radius 3 is 1.93 bits per heavy atom. The van der Waals surface area contributed by atoms with Crippen LogP contribution in [-0.4, -0.2) is 13.9 Å². The predicted octanol–water partition coefficient (Wildman–Crippen LogP) is 7.17. The Bertz CT molecular complexity index is 739. The third-order valence-electron chi connectivity index (χ3n) is 5.03. The number of unbranched alkanes of at least 4 members (excludes halogenated alkanes) is 1. The normalized spacial score (nSPS) is 11.6. The molecule has 2 aromatic carbocycles. The van der Waals surface area contributed by atoms with Gasteiger partial charge in [-0.25, -0.2) is 4.99 Å². The number of allylic oxidation sites excluding steroid dienone is 2. The van der Waals surface area contributed by atoms with Gasteiger partial charge < -0.3 is 0 Å². The molecule has 0 aromatic heterocycles. The van der Waals surface area contributed by atoms with Crippen molar-refractivity contribution in [3.63, 3.8) is 0 Å². The quantitative estimate of drug-likeness (QED) is 0.250. The van der Waals surface area contributed by atoms with E-state index in [1.807, 2.05) is 6.08 Å². The second-order valence-electron chi connectivity index (χ2n) is 8.14. The van der Waals surface area contributed by atoms with Crippen LogP contribution in [0.1, 0.15) is 43.7 Å². The first-order chi connectivity index (χ1) is 12.9. The summed E-state index contributed by atoms with van der Waals surface area (Å²) in [5, 5.41) is 1.32. The Morgan fingerprint density at radius 2 is 1.52 bits per heavy atom. The molecule has 0 atom stereocenters. The SMILES string of the molecule is C=CCC(=C=NC(CCCC)(c1ccccc1)c1ccccc1)[Si](C)(C)C. The molecule has 1 nitrogen and oxygen atoms in total. The Hall–Kier alpha value is -2.15. The highest BCUT2D eigenvalue weighted by Crippen LogP contribution is 2.38. The van der Waals surface area contributed by atoms with Crippen molar-refractivity contribution in [2.75, 3.05) is 0 Å². The summed E-state index contributed by atoms with van der Waals surface area (Å²) >= 11 is 0. The maximum atomic E-state index is 5.22. The third-order valence-corrected chi connectivity index (χ3v) is 7.16. The van der Waals surface area contributed by atoms with Crippen molar-refractivity contribution >= 4 is 13.9 Å². The van der Waals surface area contributed by atoms with Crippen molar-refractivity contribution < 1.29 is 0 Å². The Kier molecular flexibility index (Phi) is 7.59.